The molecule has 3 aromatic carbocycles. The van der Waals surface area contributed by atoms with Gasteiger partial charge in [-0.2, -0.15) is 0 Å². The van der Waals surface area contributed by atoms with Crippen LogP contribution in [0.2, 0.25) is 0 Å². The predicted molar refractivity (Wildman–Crippen MR) is 118 cm³/mol. The molecule has 0 spiro atoms. The molecule has 1 aromatic heterocycles. The van der Waals surface area contributed by atoms with Gasteiger partial charge in [-0.05, 0) is 50.2 Å². The van der Waals surface area contributed by atoms with Gasteiger partial charge in [-0.3, -0.25) is 9.59 Å². The van der Waals surface area contributed by atoms with E-state index in [1.54, 1.807) is 38.3 Å². The summed E-state index contributed by atoms with van der Waals surface area (Å²) in [5.74, 6) is 0.396. The summed E-state index contributed by atoms with van der Waals surface area (Å²) in [6.07, 6.45) is 0. The molecule has 0 unspecified atom stereocenters. The van der Waals surface area contributed by atoms with Crippen molar-refractivity contribution in [3.05, 3.63) is 66.2 Å². The van der Waals surface area contributed by atoms with E-state index in [1.165, 1.54) is 6.92 Å². The minimum absolute atomic E-state index is 0.0176. The largest absolute Gasteiger partial charge is 0.495 e. The lowest BCUT2D eigenvalue weighted by Crippen LogP contribution is -2.32. The Hall–Kier alpha value is -3.80. The van der Waals surface area contributed by atoms with E-state index >= 15 is 0 Å². The molecular weight excluding hydrogens is 380 g/mol. The van der Waals surface area contributed by atoms with E-state index in [-0.39, 0.29) is 11.7 Å². The molecule has 0 bridgehead atoms. The lowest BCUT2D eigenvalue weighted by Gasteiger charge is -2.17. The molecule has 1 heterocycles. The van der Waals surface area contributed by atoms with Crippen molar-refractivity contribution in [1.29, 1.82) is 0 Å². The first-order valence-corrected chi connectivity index (χ1v) is 9.64. The van der Waals surface area contributed by atoms with Crippen LogP contribution in [0.4, 0.5) is 11.4 Å². The lowest BCUT2D eigenvalue weighted by molar-refractivity contribution is -0.116. The van der Waals surface area contributed by atoms with Crippen molar-refractivity contribution >= 4 is 45.0 Å². The molecule has 152 valence electrons. The first kappa shape index (κ1) is 19.5. The van der Waals surface area contributed by atoms with E-state index in [4.69, 9.17) is 9.15 Å². The second-order valence-corrected chi connectivity index (χ2v) is 7.14. The van der Waals surface area contributed by atoms with Crippen molar-refractivity contribution < 1.29 is 18.7 Å². The highest BCUT2D eigenvalue weighted by Gasteiger charge is 2.17. The molecule has 6 heteroatoms. The van der Waals surface area contributed by atoms with Gasteiger partial charge >= 0.3 is 0 Å². The van der Waals surface area contributed by atoms with E-state index in [0.29, 0.717) is 28.3 Å². The fourth-order valence-corrected chi connectivity index (χ4v) is 3.37. The number of fused-ring (bicyclic) bond motifs is 3. The zero-order valence-corrected chi connectivity index (χ0v) is 17.0. The zero-order valence-electron chi connectivity index (χ0n) is 17.0. The molecule has 4 aromatic rings. The summed E-state index contributed by atoms with van der Waals surface area (Å²) < 4.78 is 11.5. The molecule has 30 heavy (non-hydrogen) atoms. The number of hydrogen-bond donors (Lipinski definition) is 2. The normalized spacial score (nSPS) is 12.0. The third-order valence-electron chi connectivity index (χ3n) is 5.02. The monoisotopic (exact) mass is 402 g/mol. The molecule has 0 aliphatic rings. The number of amides is 1. The number of furan rings is 1. The summed E-state index contributed by atoms with van der Waals surface area (Å²) in [5, 5.41) is 8.01. The van der Waals surface area contributed by atoms with Gasteiger partial charge in [0.05, 0.1) is 12.8 Å². The van der Waals surface area contributed by atoms with Gasteiger partial charge < -0.3 is 19.8 Å². The number of hydrogen-bond acceptors (Lipinski definition) is 5. The molecule has 1 atom stereocenters. The Morgan fingerprint density at radius 3 is 2.40 bits per heavy atom. The predicted octanol–water partition coefficient (Wildman–Crippen LogP) is 5.24. The highest BCUT2D eigenvalue weighted by atomic mass is 16.5. The molecule has 2 N–H and O–H groups in total. The average Bonchev–Trinajstić information content (AvgIpc) is 3.10. The molecular formula is C24H22N2O4. The first-order chi connectivity index (χ1) is 14.5. The van der Waals surface area contributed by atoms with Gasteiger partial charge in [0.2, 0.25) is 5.91 Å². The summed E-state index contributed by atoms with van der Waals surface area (Å²) in [7, 11) is 1.59. The van der Waals surface area contributed by atoms with Gasteiger partial charge in [0.1, 0.15) is 23.0 Å². The Morgan fingerprint density at radius 1 is 0.967 bits per heavy atom. The molecule has 0 saturated carbocycles. The van der Waals surface area contributed by atoms with Crippen LogP contribution in [0.15, 0.2) is 65.1 Å². The van der Waals surface area contributed by atoms with E-state index in [9.17, 15) is 9.59 Å². The van der Waals surface area contributed by atoms with Gasteiger partial charge in [0, 0.05) is 28.1 Å². The topological polar surface area (TPSA) is 80.6 Å². The number of carbonyl (C=O) groups excluding carboxylic acids is 2. The number of Topliss-reactive ketones (excluding diaryl/α,β-unsaturated/α-hetero) is 1. The van der Waals surface area contributed by atoms with Crippen LogP contribution < -0.4 is 15.4 Å². The van der Waals surface area contributed by atoms with Gasteiger partial charge in [0.15, 0.2) is 5.78 Å². The van der Waals surface area contributed by atoms with Gasteiger partial charge in [0.25, 0.3) is 0 Å². The van der Waals surface area contributed by atoms with E-state index in [2.05, 4.69) is 10.6 Å². The van der Waals surface area contributed by atoms with Crippen LogP contribution in [0.5, 0.6) is 5.75 Å². The summed E-state index contributed by atoms with van der Waals surface area (Å²) in [5.41, 5.74) is 3.40. The SMILES string of the molecule is COc1cc2c(cc1N[C@@H](C)C(=O)Nc1ccc(C(C)=O)cc1)oc1ccccc12. The van der Waals surface area contributed by atoms with Crippen molar-refractivity contribution in [3.63, 3.8) is 0 Å². The zero-order chi connectivity index (χ0) is 21.3. The second-order valence-electron chi connectivity index (χ2n) is 7.14. The molecule has 0 saturated heterocycles. The van der Waals surface area contributed by atoms with Gasteiger partial charge in [-0.25, -0.2) is 0 Å². The Labute approximate surface area is 173 Å². The number of nitrogens with one attached hydrogen (secondary N) is 2. The van der Waals surface area contributed by atoms with Crippen molar-refractivity contribution in [2.24, 2.45) is 0 Å². The third-order valence-corrected chi connectivity index (χ3v) is 5.02. The fraction of sp³-hybridized carbons (Fsp3) is 0.167. The van der Waals surface area contributed by atoms with Gasteiger partial charge in [-0.15, -0.1) is 0 Å². The van der Waals surface area contributed by atoms with Crippen LogP contribution in [0, 0.1) is 0 Å². The van der Waals surface area contributed by atoms with E-state index < -0.39 is 6.04 Å². The molecule has 1 amide bonds. The minimum Gasteiger partial charge on any atom is -0.495 e. The van der Waals surface area contributed by atoms with Crippen LogP contribution in [0.25, 0.3) is 21.9 Å². The summed E-state index contributed by atoms with van der Waals surface area (Å²) in [6, 6.07) is 17.8. The number of methoxy groups -OCH3 is 1. The average molecular weight is 402 g/mol. The first-order valence-electron chi connectivity index (χ1n) is 9.64. The molecule has 0 radical (unpaired) electrons. The number of rotatable bonds is 6. The quantitative estimate of drug-likeness (QED) is 0.431. The Balaban J connectivity index is 1.55. The van der Waals surface area contributed by atoms with Crippen molar-refractivity contribution in [2.45, 2.75) is 19.9 Å². The summed E-state index contributed by atoms with van der Waals surface area (Å²) >= 11 is 0. The van der Waals surface area contributed by atoms with Crippen molar-refractivity contribution in [1.82, 2.24) is 0 Å². The number of ketones is 1. The van der Waals surface area contributed by atoms with Crippen LogP contribution in [0.3, 0.4) is 0 Å². The number of carbonyl (C=O) groups is 2. The van der Waals surface area contributed by atoms with Crippen LogP contribution >= 0.6 is 0 Å². The highest BCUT2D eigenvalue weighted by molar-refractivity contribution is 6.07. The van der Waals surface area contributed by atoms with E-state index in [0.717, 1.165) is 16.4 Å². The van der Waals surface area contributed by atoms with E-state index in [1.807, 2.05) is 36.4 Å². The van der Waals surface area contributed by atoms with Gasteiger partial charge in [-0.1, -0.05) is 18.2 Å². The molecule has 0 aliphatic heterocycles. The number of para-hydroxylation sites is 1. The number of benzene rings is 3. The molecule has 4 rings (SSSR count). The highest BCUT2D eigenvalue weighted by Crippen LogP contribution is 2.36. The minimum atomic E-state index is -0.534. The number of ether oxygens (including phenoxy) is 1. The third kappa shape index (κ3) is 3.72. The van der Waals surface area contributed by atoms with Crippen LogP contribution in [-0.2, 0) is 4.79 Å². The molecule has 6 nitrogen and oxygen atoms in total. The smallest absolute Gasteiger partial charge is 0.246 e. The maximum absolute atomic E-state index is 12.6. The summed E-state index contributed by atoms with van der Waals surface area (Å²) in [6.45, 7) is 3.27. The van der Waals surface area contributed by atoms with Crippen LogP contribution in [0.1, 0.15) is 24.2 Å². The maximum atomic E-state index is 12.6. The fourth-order valence-electron chi connectivity index (χ4n) is 3.37. The Morgan fingerprint density at radius 2 is 1.70 bits per heavy atom. The van der Waals surface area contributed by atoms with Crippen LogP contribution in [-0.4, -0.2) is 24.8 Å². The molecule has 0 fully saturated rings. The summed E-state index contributed by atoms with van der Waals surface area (Å²) in [4.78, 5) is 24.0. The molecule has 0 aliphatic carbocycles. The van der Waals surface area contributed by atoms with Crippen molar-refractivity contribution in [3.8, 4) is 5.75 Å². The Bertz CT molecular complexity index is 1240. The standard InChI is InChI=1S/C24H22N2O4/c1-14(24(28)26-17-10-8-16(9-11-17)15(2)27)25-20-13-22-19(12-23(20)29-3)18-6-4-5-7-21(18)30-22/h4-14,25H,1-3H3,(H,26,28)/t14-/m0/s1. The number of anilines is 2. The maximum Gasteiger partial charge on any atom is 0.246 e. The second kappa shape index (κ2) is 7.91. The Kier molecular flexibility index (Phi) is 5.14. The van der Waals surface area contributed by atoms with Crippen molar-refractivity contribution in [2.75, 3.05) is 17.7 Å². The lowest BCUT2D eigenvalue weighted by atomic mass is 10.1.